The van der Waals surface area contributed by atoms with Crippen molar-refractivity contribution >= 4 is 5.69 Å². The molecule has 0 spiro atoms. The first kappa shape index (κ1) is 12.0. The molecule has 1 aliphatic carbocycles. The molecule has 1 aliphatic rings. The number of benzene rings is 1. The number of hydrogen-bond acceptors (Lipinski definition) is 4. The summed E-state index contributed by atoms with van der Waals surface area (Å²) in [6.45, 7) is 0.536. The second-order valence-electron chi connectivity index (χ2n) is 4.54. The average molecular weight is 235 g/mol. The van der Waals surface area contributed by atoms with E-state index in [0.717, 1.165) is 24.8 Å². The number of rotatable bonds is 4. The van der Waals surface area contributed by atoms with Gasteiger partial charge in [0, 0.05) is 30.3 Å². The molecule has 2 unspecified atom stereocenters. The van der Waals surface area contributed by atoms with Crippen LogP contribution in [0.25, 0.3) is 0 Å². The van der Waals surface area contributed by atoms with Crippen LogP contribution in [-0.2, 0) is 6.54 Å². The number of nitrogens with one attached hydrogen (secondary N) is 1. The predicted molar refractivity (Wildman–Crippen MR) is 65.6 cm³/mol. The fourth-order valence-electron chi connectivity index (χ4n) is 2.29. The Morgan fingerprint density at radius 3 is 2.82 bits per heavy atom. The van der Waals surface area contributed by atoms with E-state index in [1.807, 2.05) is 6.07 Å². The van der Waals surface area contributed by atoms with Crippen molar-refractivity contribution < 1.29 is 4.92 Å². The van der Waals surface area contributed by atoms with E-state index in [2.05, 4.69) is 5.32 Å². The summed E-state index contributed by atoms with van der Waals surface area (Å²) >= 11 is 0. The summed E-state index contributed by atoms with van der Waals surface area (Å²) in [7, 11) is 0. The number of nitro groups is 1. The number of hydrogen-bond donors (Lipinski definition) is 2. The van der Waals surface area contributed by atoms with Crippen molar-refractivity contribution in [2.24, 2.45) is 5.73 Å². The maximum absolute atomic E-state index is 10.8. The molecule has 5 heteroatoms. The highest BCUT2D eigenvalue weighted by molar-refractivity contribution is 5.39. The number of para-hydroxylation sites is 1. The maximum atomic E-state index is 10.8. The summed E-state index contributed by atoms with van der Waals surface area (Å²) in [4.78, 5) is 10.5. The molecule has 0 radical (unpaired) electrons. The smallest absolute Gasteiger partial charge is 0.273 e. The summed E-state index contributed by atoms with van der Waals surface area (Å²) in [6.07, 6.45) is 3.05. The highest BCUT2D eigenvalue weighted by Crippen LogP contribution is 2.20. The summed E-state index contributed by atoms with van der Waals surface area (Å²) in [5.74, 6) is 0. The lowest BCUT2D eigenvalue weighted by molar-refractivity contribution is -0.385. The molecule has 1 fully saturated rings. The maximum Gasteiger partial charge on any atom is 0.273 e. The van der Waals surface area contributed by atoms with Crippen LogP contribution in [0, 0.1) is 10.1 Å². The van der Waals surface area contributed by atoms with E-state index in [1.165, 1.54) is 6.07 Å². The van der Waals surface area contributed by atoms with Gasteiger partial charge in [-0.15, -0.1) is 0 Å². The second kappa shape index (κ2) is 5.25. The first-order chi connectivity index (χ1) is 8.16. The van der Waals surface area contributed by atoms with Crippen LogP contribution in [0.2, 0.25) is 0 Å². The molecule has 92 valence electrons. The second-order valence-corrected chi connectivity index (χ2v) is 4.54. The van der Waals surface area contributed by atoms with E-state index in [1.54, 1.807) is 12.1 Å². The molecule has 2 atom stereocenters. The SMILES string of the molecule is NC1CCC(NCc2ccccc2[N+](=O)[O-])C1. The third-order valence-corrected chi connectivity index (χ3v) is 3.24. The van der Waals surface area contributed by atoms with E-state index < -0.39 is 0 Å². The minimum atomic E-state index is -0.336. The van der Waals surface area contributed by atoms with Gasteiger partial charge in [-0.3, -0.25) is 10.1 Å². The largest absolute Gasteiger partial charge is 0.328 e. The zero-order valence-electron chi connectivity index (χ0n) is 9.63. The Labute approximate surface area is 100 Å². The van der Waals surface area contributed by atoms with Gasteiger partial charge in [-0.25, -0.2) is 0 Å². The average Bonchev–Trinajstić information content (AvgIpc) is 2.73. The highest BCUT2D eigenvalue weighted by atomic mass is 16.6. The van der Waals surface area contributed by atoms with Gasteiger partial charge in [-0.2, -0.15) is 0 Å². The lowest BCUT2D eigenvalue weighted by Gasteiger charge is -2.12. The van der Waals surface area contributed by atoms with Crippen LogP contribution in [0.1, 0.15) is 24.8 Å². The Balaban J connectivity index is 1.97. The van der Waals surface area contributed by atoms with Crippen molar-refractivity contribution in [2.75, 3.05) is 0 Å². The van der Waals surface area contributed by atoms with Gasteiger partial charge < -0.3 is 11.1 Å². The molecule has 0 amide bonds. The highest BCUT2D eigenvalue weighted by Gasteiger charge is 2.22. The monoisotopic (exact) mass is 235 g/mol. The Kier molecular flexibility index (Phi) is 3.71. The van der Waals surface area contributed by atoms with Gasteiger partial charge in [-0.1, -0.05) is 18.2 Å². The molecule has 1 aromatic carbocycles. The van der Waals surface area contributed by atoms with Gasteiger partial charge >= 0.3 is 0 Å². The molecular formula is C12H17N3O2. The van der Waals surface area contributed by atoms with Crippen LogP contribution in [0.4, 0.5) is 5.69 Å². The summed E-state index contributed by atoms with van der Waals surface area (Å²) < 4.78 is 0. The zero-order chi connectivity index (χ0) is 12.3. The van der Waals surface area contributed by atoms with E-state index in [0.29, 0.717) is 12.6 Å². The van der Waals surface area contributed by atoms with Crippen LogP contribution in [0.3, 0.4) is 0 Å². The molecule has 0 aliphatic heterocycles. The quantitative estimate of drug-likeness (QED) is 0.613. The van der Waals surface area contributed by atoms with Crippen LogP contribution < -0.4 is 11.1 Å². The Hall–Kier alpha value is -1.46. The first-order valence-corrected chi connectivity index (χ1v) is 5.88. The van der Waals surface area contributed by atoms with Crippen molar-refractivity contribution in [3.63, 3.8) is 0 Å². The van der Waals surface area contributed by atoms with Crippen LogP contribution in [0.5, 0.6) is 0 Å². The van der Waals surface area contributed by atoms with Gasteiger partial charge in [0.25, 0.3) is 5.69 Å². The summed E-state index contributed by atoms with van der Waals surface area (Å²) in [5, 5.41) is 14.2. The molecule has 1 saturated carbocycles. The lowest BCUT2D eigenvalue weighted by Crippen LogP contribution is -2.28. The molecule has 1 aromatic rings. The van der Waals surface area contributed by atoms with Gasteiger partial charge in [0.05, 0.1) is 4.92 Å². The van der Waals surface area contributed by atoms with E-state index in [4.69, 9.17) is 5.73 Å². The van der Waals surface area contributed by atoms with Crippen molar-refractivity contribution in [3.8, 4) is 0 Å². The van der Waals surface area contributed by atoms with Crippen molar-refractivity contribution in [2.45, 2.75) is 37.9 Å². The molecule has 0 saturated heterocycles. The Bertz CT molecular complexity index is 408. The van der Waals surface area contributed by atoms with Gasteiger partial charge in [0.1, 0.15) is 0 Å². The lowest BCUT2D eigenvalue weighted by atomic mass is 10.1. The molecule has 17 heavy (non-hydrogen) atoms. The fraction of sp³-hybridized carbons (Fsp3) is 0.500. The Morgan fingerprint density at radius 2 is 2.18 bits per heavy atom. The molecule has 2 rings (SSSR count). The molecule has 3 N–H and O–H groups in total. The van der Waals surface area contributed by atoms with E-state index >= 15 is 0 Å². The van der Waals surface area contributed by atoms with Gasteiger partial charge in [-0.05, 0) is 19.3 Å². The van der Waals surface area contributed by atoms with Crippen molar-refractivity contribution in [1.29, 1.82) is 0 Å². The number of nitro benzene ring substituents is 1. The zero-order valence-corrected chi connectivity index (χ0v) is 9.63. The summed E-state index contributed by atoms with van der Waals surface area (Å²) in [5.41, 5.74) is 6.74. The van der Waals surface area contributed by atoms with Crippen LogP contribution >= 0.6 is 0 Å². The van der Waals surface area contributed by atoms with E-state index in [-0.39, 0.29) is 16.7 Å². The number of nitrogens with two attached hydrogens (primary N) is 1. The number of nitrogens with zero attached hydrogens (tertiary/aromatic N) is 1. The molecule has 0 aromatic heterocycles. The third-order valence-electron chi connectivity index (χ3n) is 3.24. The summed E-state index contributed by atoms with van der Waals surface area (Å²) in [6, 6.07) is 7.51. The van der Waals surface area contributed by atoms with Crippen molar-refractivity contribution in [1.82, 2.24) is 5.32 Å². The molecule has 5 nitrogen and oxygen atoms in total. The van der Waals surface area contributed by atoms with Gasteiger partial charge in [0.15, 0.2) is 0 Å². The fourth-order valence-corrected chi connectivity index (χ4v) is 2.29. The first-order valence-electron chi connectivity index (χ1n) is 5.88. The van der Waals surface area contributed by atoms with Crippen LogP contribution in [-0.4, -0.2) is 17.0 Å². The minimum absolute atomic E-state index is 0.183. The molecular weight excluding hydrogens is 218 g/mol. The molecule has 0 heterocycles. The predicted octanol–water partition coefficient (Wildman–Crippen LogP) is 1.56. The normalized spacial score (nSPS) is 23.8. The van der Waals surface area contributed by atoms with Crippen LogP contribution in [0.15, 0.2) is 24.3 Å². The minimum Gasteiger partial charge on any atom is -0.328 e. The third kappa shape index (κ3) is 3.01. The van der Waals surface area contributed by atoms with Crippen molar-refractivity contribution in [3.05, 3.63) is 39.9 Å². The molecule has 0 bridgehead atoms. The topological polar surface area (TPSA) is 81.2 Å². The van der Waals surface area contributed by atoms with Gasteiger partial charge in [0.2, 0.25) is 0 Å². The Morgan fingerprint density at radius 1 is 1.41 bits per heavy atom. The van der Waals surface area contributed by atoms with E-state index in [9.17, 15) is 10.1 Å². The standard InChI is InChI=1S/C12H17N3O2/c13-10-5-6-11(7-10)14-8-9-3-1-2-4-12(9)15(16)17/h1-4,10-11,14H,5-8,13H2.